The second kappa shape index (κ2) is 7.75. The number of hydrogen-bond acceptors (Lipinski definition) is 4. The van der Waals surface area contributed by atoms with Crippen molar-refractivity contribution in [2.75, 3.05) is 0 Å². The Morgan fingerprint density at radius 1 is 1.32 bits per heavy atom. The highest BCUT2D eigenvalue weighted by molar-refractivity contribution is 5.78. The van der Waals surface area contributed by atoms with Crippen LogP contribution >= 0.6 is 0 Å². The van der Waals surface area contributed by atoms with Crippen LogP contribution in [0.2, 0.25) is 0 Å². The summed E-state index contributed by atoms with van der Waals surface area (Å²) in [5.41, 5.74) is 2.02. The van der Waals surface area contributed by atoms with Crippen molar-refractivity contribution < 1.29 is 9.90 Å². The summed E-state index contributed by atoms with van der Waals surface area (Å²) in [5, 5.41) is 13.7. The van der Waals surface area contributed by atoms with Crippen molar-refractivity contribution in [1.82, 2.24) is 24.4 Å². The number of fused-ring (bicyclic) bond motifs is 1. The van der Waals surface area contributed by atoms with E-state index in [0.717, 1.165) is 41.9 Å². The molecule has 28 heavy (non-hydrogen) atoms. The van der Waals surface area contributed by atoms with Crippen molar-refractivity contribution in [1.29, 1.82) is 0 Å². The average molecular weight is 381 g/mol. The first-order valence-corrected chi connectivity index (χ1v) is 9.99. The summed E-state index contributed by atoms with van der Waals surface area (Å²) in [5.74, 6) is 1.84. The molecule has 3 aromatic rings. The maximum atomic E-state index is 12.6. The van der Waals surface area contributed by atoms with Gasteiger partial charge in [0.1, 0.15) is 11.6 Å². The van der Waals surface area contributed by atoms with E-state index in [1.54, 1.807) is 6.20 Å². The van der Waals surface area contributed by atoms with E-state index in [2.05, 4.69) is 26.8 Å². The molecule has 0 spiro atoms. The second-order valence-electron chi connectivity index (χ2n) is 7.46. The highest BCUT2D eigenvalue weighted by atomic mass is 16.3. The number of aromatic nitrogens is 4. The lowest BCUT2D eigenvalue weighted by Crippen LogP contribution is -2.42. The molecular weight excluding hydrogens is 354 g/mol. The van der Waals surface area contributed by atoms with E-state index in [1.165, 1.54) is 0 Å². The lowest BCUT2D eigenvalue weighted by Gasteiger charge is -2.22. The Bertz CT molecular complexity index is 976. The summed E-state index contributed by atoms with van der Waals surface area (Å²) < 4.78 is 4.12. The molecule has 2 heterocycles. The zero-order chi connectivity index (χ0) is 19.7. The maximum absolute atomic E-state index is 12.6. The normalized spacial score (nSPS) is 22.0. The van der Waals surface area contributed by atoms with E-state index in [4.69, 9.17) is 0 Å². The van der Waals surface area contributed by atoms with Crippen LogP contribution in [0.3, 0.4) is 0 Å². The molecule has 0 bridgehead atoms. The van der Waals surface area contributed by atoms with Gasteiger partial charge in [0.2, 0.25) is 5.91 Å². The van der Waals surface area contributed by atoms with Crippen molar-refractivity contribution >= 4 is 16.9 Å². The molecule has 1 fully saturated rings. The number of aliphatic hydroxyl groups excluding tert-OH is 1. The van der Waals surface area contributed by atoms with E-state index in [1.807, 2.05) is 42.0 Å². The van der Waals surface area contributed by atoms with Gasteiger partial charge < -0.3 is 19.6 Å². The summed E-state index contributed by atoms with van der Waals surface area (Å²) >= 11 is 0. The van der Waals surface area contributed by atoms with E-state index < -0.39 is 6.10 Å². The van der Waals surface area contributed by atoms with Gasteiger partial charge in [0.25, 0.3) is 0 Å². The van der Waals surface area contributed by atoms with Crippen LogP contribution in [0.25, 0.3) is 11.0 Å². The molecule has 2 aromatic heterocycles. The summed E-state index contributed by atoms with van der Waals surface area (Å²) in [6.45, 7) is 4.59. The van der Waals surface area contributed by atoms with Gasteiger partial charge in [-0.25, -0.2) is 9.97 Å². The van der Waals surface area contributed by atoms with Crippen molar-refractivity contribution in [2.24, 2.45) is 0 Å². The third-order valence-electron chi connectivity index (χ3n) is 5.76. The molecule has 7 heteroatoms. The Morgan fingerprint density at radius 3 is 2.89 bits per heavy atom. The monoisotopic (exact) mass is 381 g/mol. The minimum absolute atomic E-state index is 0.0305. The van der Waals surface area contributed by atoms with Crippen molar-refractivity contribution in [3.05, 3.63) is 48.3 Å². The van der Waals surface area contributed by atoms with Crippen LogP contribution in [0, 0.1) is 6.92 Å². The van der Waals surface area contributed by atoms with Gasteiger partial charge in [-0.1, -0.05) is 19.1 Å². The fraction of sp³-hybridized carbons (Fsp3) is 0.476. The minimum atomic E-state index is -0.600. The molecule has 7 nitrogen and oxygen atoms in total. The highest BCUT2D eigenvalue weighted by Gasteiger charge is 2.37. The summed E-state index contributed by atoms with van der Waals surface area (Å²) in [7, 11) is 0. The number of carbonyl (C=O) groups is 1. The topological polar surface area (TPSA) is 85.0 Å². The predicted octanol–water partition coefficient (Wildman–Crippen LogP) is 2.37. The van der Waals surface area contributed by atoms with E-state index >= 15 is 0 Å². The molecular formula is C21H27N5O2. The number of aliphatic hydroxyl groups is 1. The van der Waals surface area contributed by atoms with Gasteiger partial charge >= 0.3 is 0 Å². The number of nitrogens with one attached hydrogen (secondary N) is 1. The molecule has 1 aromatic carbocycles. The Balaban J connectivity index is 1.39. The SMILES string of the molecule is CCc1nc2ccccc2n1CCC(=O)N[C@@H]1CC[C@@H](n2ccnc2C)[C@@H]1O. The molecule has 0 saturated heterocycles. The largest absolute Gasteiger partial charge is 0.389 e. The molecule has 1 aliphatic carbocycles. The number of aryl methyl sites for hydroxylation is 3. The standard InChI is InChI=1S/C21H27N5O2/c1-3-19-23-15-6-4-5-7-17(15)26(19)12-10-20(27)24-16-8-9-18(21(16)28)25-13-11-22-14(25)2/h4-7,11,13,16,18,21,28H,3,8-10,12H2,1-2H3,(H,24,27)/t16-,18-,21-/m1/s1. The van der Waals surface area contributed by atoms with Crippen LogP contribution in [0.4, 0.5) is 0 Å². The van der Waals surface area contributed by atoms with Crippen LogP contribution < -0.4 is 5.32 Å². The summed E-state index contributed by atoms with van der Waals surface area (Å²) in [6.07, 6.45) is 5.82. The molecule has 2 N–H and O–H groups in total. The first-order chi connectivity index (χ1) is 13.6. The van der Waals surface area contributed by atoms with Crippen molar-refractivity contribution in [3.8, 4) is 0 Å². The highest BCUT2D eigenvalue weighted by Crippen LogP contribution is 2.31. The fourth-order valence-electron chi connectivity index (χ4n) is 4.30. The van der Waals surface area contributed by atoms with Crippen LogP contribution in [0.15, 0.2) is 36.7 Å². The molecule has 0 aliphatic heterocycles. The number of rotatable bonds is 6. The van der Waals surface area contributed by atoms with Gasteiger partial charge in [-0.3, -0.25) is 4.79 Å². The van der Waals surface area contributed by atoms with Gasteiger partial charge in [-0.2, -0.15) is 0 Å². The zero-order valence-electron chi connectivity index (χ0n) is 16.4. The zero-order valence-corrected chi connectivity index (χ0v) is 16.4. The molecule has 1 aliphatic rings. The molecule has 0 radical (unpaired) electrons. The van der Waals surface area contributed by atoms with Crippen molar-refractivity contribution in [3.63, 3.8) is 0 Å². The minimum Gasteiger partial charge on any atom is -0.389 e. The Hall–Kier alpha value is -2.67. The second-order valence-corrected chi connectivity index (χ2v) is 7.46. The van der Waals surface area contributed by atoms with E-state index in [0.29, 0.717) is 13.0 Å². The first kappa shape index (κ1) is 18.7. The van der Waals surface area contributed by atoms with Gasteiger partial charge in [0, 0.05) is 31.8 Å². The van der Waals surface area contributed by atoms with Crippen LogP contribution in [0.5, 0.6) is 0 Å². The first-order valence-electron chi connectivity index (χ1n) is 9.99. The number of nitrogens with zero attached hydrogens (tertiary/aromatic N) is 4. The van der Waals surface area contributed by atoms with Gasteiger partial charge in [0.05, 0.1) is 29.2 Å². The average Bonchev–Trinajstić information content (AvgIpc) is 3.37. The maximum Gasteiger partial charge on any atom is 0.222 e. The van der Waals surface area contributed by atoms with Gasteiger partial charge in [0.15, 0.2) is 0 Å². The van der Waals surface area contributed by atoms with Gasteiger partial charge in [-0.05, 0) is 31.9 Å². The van der Waals surface area contributed by atoms with Crippen LogP contribution in [-0.4, -0.2) is 42.3 Å². The lowest BCUT2D eigenvalue weighted by atomic mass is 10.1. The van der Waals surface area contributed by atoms with E-state index in [-0.39, 0.29) is 18.0 Å². The van der Waals surface area contributed by atoms with E-state index in [9.17, 15) is 9.90 Å². The molecule has 1 amide bonds. The Labute approximate surface area is 164 Å². The Morgan fingerprint density at radius 2 is 2.14 bits per heavy atom. The third-order valence-corrected chi connectivity index (χ3v) is 5.76. The quantitative estimate of drug-likeness (QED) is 0.687. The summed E-state index contributed by atoms with van der Waals surface area (Å²) in [6, 6.07) is 7.76. The molecule has 1 saturated carbocycles. The number of carbonyl (C=O) groups excluding carboxylic acids is 1. The number of amides is 1. The number of hydrogen-bond donors (Lipinski definition) is 2. The third kappa shape index (κ3) is 3.42. The van der Waals surface area contributed by atoms with Crippen LogP contribution in [0.1, 0.15) is 43.9 Å². The molecule has 148 valence electrons. The summed E-state index contributed by atoms with van der Waals surface area (Å²) in [4.78, 5) is 21.5. The lowest BCUT2D eigenvalue weighted by molar-refractivity contribution is -0.122. The van der Waals surface area contributed by atoms with Gasteiger partial charge in [-0.15, -0.1) is 0 Å². The molecule has 4 rings (SSSR count). The number of imidazole rings is 2. The molecule has 3 atom stereocenters. The smallest absolute Gasteiger partial charge is 0.222 e. The number of benzene rings is 1. The molecule has 0 unspecified atom stereocenters. The predicted molar refractivity (Wildman–Crippen MR) is 107 cm³/mol. The Kier molecular flexibility index (Phi) is 5.17. The fourth-order valence-corrected chi connectivity index (χ4v) is 4.30. The number of para-hydroxylation sites is 2. The van der Waals surface area contributed by atoms with Crippen LogP contribution in [-0.2, 0) is 17.8 Å². The van der Waals surface area contributed by atoms with Crippen molar-refractivity contribution in [2.45, 2.75) is 64.3 Å².